The molecule has 0 aromatic rings. The summed E-state index contributed by atoms with van der Waals surface area (Å²) in [6.07, 6.45) is 17.1. The van der Waals surface area contributed by atoms with Crippen LogP contribution in [0.3, 0.4) is 0 Å². The quantitative estimate of drug-likeness (QED) is 0.595. The first kappa shape index (κ1) is 16.0. The molecule has 1 heterocycles. The fraction of sp³-hybridized carbons (Fsp3) is 0.800. The van der Waals surface area contributed by atoms with E-state index in [1.807, 2.05) is 0 Å². The van der Waals surface area contributed by atoms with Crippen molar-refractivity contribution in [3.8, 4) is 0 Å². The Hall–Kier alpha value is -0.890. The number of Topliss-reactive ketones (excluding diaryl/α,β-unsaturated/α-hetero) is 1. The molecule has 0 radical (unpaired) electrons. The number of carbonyl (C=O) groups is 1. The van der Waals surface area contributed by atoms with Crippen molar-refractivity contribution < 1.29 is 9.53 Å². The maximum Gasteiger partial charge on any atom is 0.137 e. The average molecular weight is 365 g/mol. The van der Waals surface area contributed by atoms with Crippen LogP contribution in [0.2, 0.25) is 0 Å². The van der Waals surface area contributed by atoms with Crippen molar-refractivity contribution >= 4 is 5.78 Å². The van der Waals surface area contributed by atoms with E-state index in [1.165, 1.54) is 44.9 Å². The van der Waals surface area contributed by atoms with Crippen molar-refractivity contribution in [2.45, 2.75) is 76.7 Å². The molecule has 0 N–H and O–H groups in total. The van der Waals surface area contributed by atoms with E-state index in [1.54, 1.807) is 11.1 Å². The fourth-order valence-electron chi connectivity index (χ4n) is 9.49. The summed E-state index contributed by atoms with van der Waals surface area (Å²) in [4.78, 5) is 12.2. The second-order valence-corrected chi connectivity index (χ2v) is 11.1. The molecule has 144 valence electrons. The second kappa shape index (κ2) is 4.81. The summed E-state index contributed by atoms with van der Waals surface area (Å²) in [6.45, 7) is 3.29. The van der Waals surface area contributed by atoms with E-state index in [0.717, 1.165) is 55.5 Å². The maximum atomic E-state index is 12.2. The molecule has 6 aliphatic carbocycles. The fourth-order valence-corrected chi connectivity index (χ4v) is 9.49. The zero-order chi connectivity index (χ0) is 18.0. The number of carbonyl (C=O) groups excluding carboxylic acids is 1. The van der Waals surface area contributed by atoms with E-state index < -0.39 is 0 Å². The third-order valence-electron chi connectivity index (χ3n) is 10.6. The minimum absolute atomic E-state index is 0.0793. The van der Waals surface area contributed by atoms with Gasteiger partial charge in [-0.25, -0.2) is 0 Å². The molecule has 0 bridgehead atoms. The van der Waals surface area contributed by atoms with E-state index in [9.17, 15) is 4.79 Å². The van der Waals surface area contributed by atoms with Crippen molar-refractivity contribution in [2.75, 3.05) is 6.61 Å². The predicted octanol–water partition coefficient (Wildman–Crippen LogP) is 5.23. The number of hydrogen-bond donors (Lipinski definition) is 0. The van der Waals surface area contributed by atoms with Crippen molar-refractivity contribution in [1.29, 1.82) is 0 Å². The van der Waals surface area contributed by atoms with Crippen LogP contribution < -0.4 is 0 Å². The molecule has 0 aromatic heterocycles. The van der Waals surface area contributed by atoms with Gasteiger partial charge in [0.15, 0.2) is 0 Å². The van der Waals surface area contributed by atoms with Gasteiger partial charge < -0.3 is 4.74 Å². The van der Waals surface area contributed by atoms with Crippen LogP contribution >= 0.6 is 0 Å². The lowest BCUT2D eigenvalue weighted by Crippen LogP contribution is -2.55. The van der Waals surface area contributed by atoms with Crippen LogP contribution in [0.4, 0.5) is 0 Å². The van der Waals surface area contributed by atoms with Crippen LogP contribution in [0.25, 0.3) is 0 Å². The highest BCUT2D eigenvalue weighted by molar-refractivity contribution is 5.83. The number of allylic oxidation sites excluding steroid dienone is 2. The monoisotopic (exact) mass is 364 g/mol. The smallest absolute Gasteiger partial charge is 0.137 e. The number of ketones is 1. The Morgan fingerprint density at radius 1 is 1.19 bits per heavy atom. The minimum Gasteiger partial charge on any atom is -0.366 e. The van der Waals surface area contributed by atoms with Gasteiger partial charge in [0.25, 0.3) is 0 Å². The largest absolute Gasteiger partial charge is 0.366 e. The summed E-state index contributed by atoms with van der Waals surface area (Å²) < 4.78 is 6.62. The van der Waals surface area contributed by atoms with Gasteiger partial charge in [0.2, 0.25) is 0 Å². The van der Waals surface area contributed by atoms with Crippen molar-refractivity contribution in [1.82, 2.24) is 0 Å². The number of fused-ring (bicyclic) bond motifs is 9. The number of hydrogen-bond acceptors (Lipinski definition) is 2. The highest BCUT2D eigenvalue weighted by Gasteiger charge is 2.78. The van der Waals surface area contributed by atoms with Gasteiger partial charge >= 0.3 is 0 Å². The average Bonchev–Trinajstić information content (AvgIpc) is 3.58. The molecule has 2 heteroatoms. The first-order valence-corrected chi connectivity index (χ1v) is 11.7. The molecule has 2 spiro atoms. The van der Waals surface area contributed by atoms with Gasteiger partial charge in [-0.05, 0) is 86.4 Å². The molecule has 7 rings (SSSR count). The molecular formula is C25H32O2. The molecule has 5 unspecified atom stereocenters. The third kappa shape index (κ3) is 1.69. The molecule has 4 fully saturated rings. The zero-order valence-corrected chi connectivity index (χ0v) is 16.6. The topological polar surface area (TPSA) is 26.3 Å². The van der Waals surface area contributed by atoms with Gasteiger partial charge in [-0.2, -0.15) is 0 Å². The van der Waals surface area contributed by atoms with Crippen LogP contribution in [0, 0.1) is 40.4 Å². The Morgan fingerprint density at radius 3 is 2.81 bits per heavy atom. The molecule has 7 atom stereocenters. The maximum absolute atomic E-state index is 12.2. The standard InChI is InChI=1S/C25H32O2/c1-2-24-8-6-16-17-5-4-15(26)12-20(17)23(9-10-23)14-19(16)22(24)18-13-21(18)25(24)7-3-11-27-25/h3,7,16,18-19,21-22H,2,4-6,8-14H2,1H3/t16?,18?,19?,21?,22?,24-,25-/m0/s1. The predicted molar refractivity (Wildman–Crippen MR) is 104 cm³/mol. The van der Waals surface area contributed by atoms with Gasteiger partial charge in [0.1, 0.15) is 5.78 Å². The SMILES string of the molecule is CC[C@]12CCC3C4=C(CC(=O)CC4)C4(CC4)CC3C1C1CC1[C@@]21C=CCO1. The van der Waals surface area contributed by atoms with E-state index in [0.29, 0.717) is 16.6 Å². The Kier molecular flexibility index (Phi) is 2.84. The number of ether oxygens (including phenoxy) is 1. The normalized spacial score (nSPS) is 53.4. The summed E-state index contributed by atoms with van der Waals surface area (Å²) in [5, 5.41) is 0. The summed E-state index contributed by atoms with van der Waals surface area (Å²) in [7, 11) is 0. The minimum atomic E-state index is 0.0793. The molecule has 27 heavy (non-hydrogen) atoms. The van der Waals surface area contributed by atoms with Gasteiger partial charge in [0.05, 0.1) is 12.2 Å². The lowest BCUT2D eigenvalue weighted by molar-refractivity contribution is -0.136. The molecule has 4 saturated carbocycles. The molecular weight excluding hydrogens is 332 g/mol. The molecule has 7 aliphatic rings. The van der Waals surface area contributed by atoms with Crippen LogP contribution in [0.5, 0.6) is 0 Å². The van der Waals surface area contributed by atoms with Gasteiger partial charge in [-0.3, -0.25) is 4.79 Å². The summed E-state index contributed by atoms with van der Waals surface area (Å²) in [5.41, 5.74) is 4.37. The van der Waals surface area contributed by atoms with Gasteiger partial charge in [-0.1, -0.05) is 30.2 Å². The van der Waals surface area contributed by atoms with Gasteiger partial charge in [0, 0.05) is 18.3 Å². The van der Waals surface area contributed by atoms with E-state index in [2.05, 4.69) is 19.1 Å². The lowest BCUT2D eigenvalue weighted by Gasteiger charge is -2.58. The van der Waals surface area contributed by atoms with E-state index >= 15 is 0 Å². The summed E-state index contributed by atoms with van der Waals surface area (Å²) in [5.74, 6) is 4.79. The van der Waals surface area contributed by atoms with Crippen molar-refractivity contribution in [3.05, 3.63) is 23.3 Å². The summed E-state index contributed by atoms with van der Waals surface area (Å²) in [6, 6.07) is 0. The van der Waals surface area contributed by atoms with Crippen molar-refractivity contribution in [3.63, 3.8) is 0 Å². The Labute approximate surface area is 162 Å². The van der Waals surface area contributed by atoms with Gasteiger partial charge in [-0.15, -0.1) is 0 Å². The molecule has 1 aliphatic heterocycles. The Balaban J connectivity index is 1.35. The summed E-state index contributed by atoms with van der Waals surface area (Å²) >= 11 is 0. The Morgan fingerprint density at radius 2 is 2.07 bits per heavy atom. The third-order valence-corrected chi connectivity index (χ3v) is 10.6. The van der Waals surface area contributed by atoms with Crippen LogP contribution in [-0.4, -0.2) is 18.0 Å². The molecule has 0 amide bonds. The van der Waals surface area contributed by atoms with Crippen molar-refractivity contribution in [2.24, 2.45) is 40.4 Å². The molecule has 0 saturated heterocycles. The van der Waals surface area contributed by atoms with Crippen LogP contribution in [0.1, 0.15) is 71.1 Å². The first-order chi connectivity index (χ1) is 13.1. The van der Waals surface area contributed by atoms with Crippen LogP contribution in [0.15, 0.2) is 23.3 Å². The lowest BCUT2D eigenvalue weighted by atomic mass is 9.48. The van der Waals surface area contributed by atoms with E-state index in [-0.39, 0.29) is 5.60 Å². The zero-order valence-electron chi connectivity index (χ0n) is 16.6. The Bertz CT molecular complexity index is 801. The highest BCUT2D eigenvalue weighted by atomic mass is 16.5. The first-order valence-electron chi connectivity index (χ1n) is 11.7. The van der Waals surface area contributed by atoms with E-state index in [4.69, 9.17) is 4.74 Å². The highest BCUT2D eigenvalue weighted by Crippen LogP contribution is 2.80. The molecule has 0 aromatic carbocycles. The number of rotatable bonds is 1. The second-order valence-electron chi connectivity index (χ2n) is 11.1. The molecule has 2 nitrogen and oxygen atoms in total. The van der Waals surface area contributed by atoms with Crippen LogP contribution in [-0.2, 0) is 9.53 Å².